The number of nitrogens with two attached hydrogens (primary N) is 1. The molecular weight excluding hydrogens is 276 g/mol. The van der Waals surface area contributed by atoms with E-state index in [-0.39, 0.29) is 19.4 Å². The van der Waals surface area contributed by atoms with Crippen molar-refractivity contribution in [2.75, 3.05) is 6.54 Å². The first-order chi connectivity index (χ1) is 9.11. The SMILES string of the molecule is CCCCCCCC(=O)NC(CCCCN)C(=O)O.S. The van der Waals surface area contributed by atoms with Crippen molar-refractivity contribution in [2.24, 2.45) is 5.73 Å². The molecule has 0 aromatic heterocycles. The molecule has 4 N–H and O–H groups in total. The van der Waals surface area contributed by atoms with Crippen LogP contribution in [0.2, 0.25) is 0 Å². The Kier molecular flexibility index (Phi) is 15.8. The molecule has 0 aromatic rings. The van der Waals surface area contributed by atoms with Crippen molar-refractivity contribution >= 4 is 25.4 Å². The lowest BCUT2D eigenvalue weighted by atomic mass is 10.1. The summed E-state index contributed by atoms with van der Waals surface area (Å²) in [7, 11) is 0. The third kappa shape index (κ3) is 12.3. The van der Waals surface area contributed by atoms with E-state index in [9.17, 15) is 9.59 Å². The van der Waals surface area contributed by atoms with Crippen LogP contribution in [-0.2, 0) is 9.59 Å². The molecule has 20 heavy (non-hydrogen) atoms. The first-order valence-electron chi connectivity index (χ1n) is 7.34. The van der Waals surface area contributed by atoms with E-state index in [2.05, 4.69) is 12.2 Å². The number of carboxylic acid groups (broad SMARTS) is 1. The van der Waals surface area contributed by atoms with Crippen molar-refractivity contribution < 1.29 is 14.7 Å². The fourth-order valence-corrected chi connectivity index (χ4v) is 1.91. The molecule has 0 aliphatic carbocycles. The maximum atomic E-state index is 11.6. The van der Waals surface area contributed by atoms with Crippen molar-refractivity contribution in [2.45, 2.75) is 70.8 Å². The molecule has 0 bridgehead atoms. The molecule has 0 aromatic carbocycles. The number of carboxylic acids is 1. The van der Waals surface area contributed by atoms with Gasteiger partial charge in [0.05, 0.1) is 0 Å². The summed E-state index contributed by atoms with van der Waals surface area (Å²) in [4.78, 5) is 22.6. The minimum Gasteiger partial charge on any atom is -0.480 e. The molecular formula is C14H30N2O3S. The van der Waals surface area contributed by atoms with E-state index in [0.29, 0.717) is 19.4 Å². The van der Waals surface area contributed by atoms with Gasteiger partial charge in [0.1, 0.15) is 6.04 Å². The van der Waals surface area contributed by atoms with Gasteiger partial charge in [-0.3, -0.25) is 4.79 Å². The van der Waals surface area contributed by atoms with Crippen molar-refractivity contribution in [3.63, 3.8) is 0 Å². The Bertz CT molecular complexity index is 263. The van der Waals surface area contributed by atoms with Crippen molar-refractivity contribution in [3.05, 3.63) is 0 Å². The second-order valence-electron chi connectivity index (χ2n) is 4.91. The van der Waals surface area contributed by atoms with E-state index in [1.807, 2.05) is 0 Å². The normalized spacial score (nSPS) is 11.5. The molecule has 1 unspecified atom stereocenters. The fourth-order valence-electron chi connectivity index (χ4n) is 1.91. The van der Waals surface area contributed by atoms with Gasteiger partial charge in [-0.1, -0.05) is 32.6 Å². The summed E-state index contributed by atoms with van der Waals surface area (Å²) >= 11 is 0. The Labute approximate surface area is 129 Å². The molecule has 5 nitrogen and oxygen atoms in total. The van der Waals surface area contributed by atoms with Crippen molar-refractivity contribution in [1.82, 2.24) is 5.32 Å². The summed E-state index contributed by atoms with van der Waals surface area (Å²) in [5.41, 5.74) is 5.36. The Hall–Kier alpha value is -0.750. The van der Waals surface area contributed by atoms with E-state index in [1.165, 1.54) is 12.8 Å². The van der Waals surface area contributed by atoms with Gasteiger partial charge in [-0.05, 0) is 32.2 Å². The van der Waals surface area contributed by atoms with Crippen LogP contribution in [0.15, 0.2) is 0 Å². The topological polar surface area (TPSA) is 92.4 Å². The van der Waals surface area contributed by atoms with Crippen molar-refractivity contribution in [1.29, 1.82) is 0 Å². The number of aliphatic carboxylic acids is 1. The summed E-state index contributed by atoms with van der Waals surface area (Å²) in [5, 5.41) is 11.6. The van der Waals surface area contributed by atoms with Crippen LogP contribution in [0.1, 0.15) is 64.7 Å². The highest BCUT2D eigenvalue weighted by Gasteiger charge is 2.18. The number of nitrogens with one attached hydrogen (secondary N) is 1. The van der Waals surface area contributed by atoms with E-state index in [1.54, 1.807) is 0 Å². The minimum atomic E-state index is -0.962. The van der Waals surface area contributed by atoms with Crippen LogP contribution in [-0.4, -0.2) is 29.6 Å². The van der Waals surface area contributed by atoms with Gasteiger partial charge < -0.3 is 16.2 Å². The largest absolute Gasteiger partial charge is 0.480 e. The Morgan fingerprint density at radius 2 is 1.75 bits per heavy atom. The zero-order chi connectivity index (χ0) is 14.5. The standard InChI is InChI=1S/C14H28N2O3.H2S/c1-2-3-4-5-6-10-13(17)16-12(14(18)19)9-7-8-11-15;/h12H,2-11,15H2,1H3,(H,16,17)(H,18,19);1H2. The number of hydrogen-bond acceptors (Lipinski definition) is 3. The number of hydrogen-bond donors (Lipinski definition) is 3. The highest BCUT2D eigenvalue weighted by Crippen LogP contribution is 2.06. The lowest BCUT2D eigenvalue weighted by Gasteiger charge is -2.14. The highest BCUT2D eigenvalue weighted by atomic mass is 32.1. The van der Waals surface area contributed by atoms with Crippen LogP contribution in [0.5, 0.6) is 0 Å². The first kappa shape index (κ1) is 21.5. The van der Waals surface area contributed by atoms with Crippen LogP contribution in [0, 0.1) is 0 Å². The molecule has 0 rings (SSSR count). The Morgan fingerprint density at radius 1 is 1.10 bits per heavy atom. The number of carbonyl (C=O) groups excluding carboxylic acids is 1. The smallest absolute Gasteiger partial charge is 0.326 e. The molecule has 0 aliphatic heterocycles. The third-order valence-electron chi connectivity index (χ3n) is 3.09. The zero-order valence-electron chi connectivity index (χ0n) is 12.5. The van der Waals surface area contributed by atoms with Gasteiger partial charge in [-0.15, -0.1) is 0 Å². The second kappa shape index (κ2) is 14.7. The molecule has 0 fully saturated rings. The van der Waals surface area contributed by atoms with E-state index >= 15 is 0 Å². The van der Waals surface area contributed by atoms with E-state index in [4.69, 9.17) is 10.8 Å². The maximum absolute atomic E-state index is 11.6. The van der Waals surface area contributed by atoms with E-state index in [0.717, 1.165) is 32.1 Å². The van der Waals surface area contributed by atoms with Crippen LogP contribution in [0.3, 0.4) is 0 Å². The number of amides is 1. The van der Waals surface area contributed by atoms with Gasteiger partial charge >= 0.3 is 5.97 Å². The van der Waals surface area contributed by atoms with Gasteiger partial charge in [-0.2, -0.15) is 13.5 Å². The predicted octanol–water partition coefficient (Wildman–Crippen LogP) is 2.16. The average molecular weight is 306 g/mol. The van der Waals surface area contributed by atoms with Gasteiger partial charge in [-0.25, -0.2) is 4.79 Å². The quantitative estimate of drug-likeness (QED) is 0.482. The van der Waals surface area contributed by atoms with Crippen molar-refractivity contribution in [3.8, 4) is 0 Å². The molecule has 0 heterocycles. The molecule has 120 valence electrons. The average Bonchev–Trinajstić information content (AvgIpc) is 2.37. The maximum Gasteiger partial charge on any atom is 0.326 e. The molecule has 0 saturated carbocycles. The zero-order valence-corrected chi connectivity index (χ0v) is 13.5. The molecule has 1 atom stereocenters. The van der Waals surface area contributed by atoms with Crippen LogP contribution < -0.4 is 11.1 Å². The van der Waals surface area contributed by atoms with E-state index < -0.39 is 12.0 Å². The lowest BCUT2D eigenvalue weighted by molar-refractivity contribution is -0.142. The summed E-state index contributed by atoms with van der Waals surface area (Å²) in [5.74, 6) is -1.12. The lowest BCUT2D eigenvalue weighted by Crippen LogP contribution is -2.40. The summed E-state index contributed by atoms with van der Waals surface area (Å²) in [6, 6.07) is -0.769. The molecule has 0 aliphatic rings. The first-order valence-corrected chi connectivity index (χ1v) is 7.34. The predicted molar refractivity (Wildman–Crippen MR) is 86.2 cm³/mol. The van der Waals surface area contributed by atoms with Crippen LogP contribution in [0.25, 0.3) is 0 Å². The monoisotopic (exact) mass is 306 g/mol. The molecule has 6 heteroatoms. The molecule has 0 saturated heterocycles. The summed E-state index contributed by atoms with van der Waals surface area (Å²) in [6.45, 7) is 2.70. The number of unbranched alkanes of at least 4 members (excludes halogenated alkanes) is 5. The number of carbonyl (C=O) groups is 2. The Balaban J connectivity index is 0. The minimum absolute atomic E-state index is 0. The van der Waals surface area contributed by atoms with Gasteiger partial charge in [0, 0.05) is 6.42 Å². The molecule has 1 amide bonds. The second-order valence-corrected chi connectivity index (χ2v) is 4.91. The molecule has 0 spiro atoms. The van der Waals surface area contributed by atoms with Crippen LogP contribution in [0.4, 0.5) is 0 Å². The highest BCUT2D eigenvalue weighted by molar-refractivity contribution is 7.59. The van der Waals surface area contributed by atoms with Crippen LogP contribution >= 0.6 is 13.5 Å². The third-order valence-corrected chi connectivity index (χ3v) is 3.09. The molecule has 0 radical (unpaired) electrons. The van der Waals surface area contributed by atoms with Gasteiger partial charge in [0.25, 0.3) is 0 Å². The van der Waals surface area contributed by atoms with Gasteiger partial charge in [0.2, 0.25) is 5.91 Å². The Morgan fingerprint density at radius 3 is 2.30 bits per heavy atom. The fraction of sp³-hybridized carbons (Fsp3) is 0.857. The summed E-state index contributed by atoms with van der Waals surface area (Å²) < 4.78 is 0. The van der Waals surface area contributed by atoms with Gasteiger partial charge in [0.15, 0.2) is 0 Å². The summed E-state index contributed by atoms with van der Waals surface area (Å²) in [6.07, 6.45) is 7.77. The number of rotatable bonds is 12.